The van der Waals surface area contributed by atoms with Gasteiger partial charge in [-0.15, -0.1) is 0 Å². The van der Waals surface area contributed by atoms with Gasteiger partial charge in [0.05, 0.1) is 16.6 Å². The van der Waals surface area contributed by atoms with Crippen molar-refractivity contribution in [2.75, 3.05) is 5.32 Å². The number of aryl methyl sites for hydroxylation is 2. The van der Waals surface area contributed by atoms with Crippen molar-refractivity contribution in [2.24, 2.45) is 5.73 Å². The van der Waals surface area contributed by atoms with Crippen LogP contribution in [-0.4, -0.2) is 22.0 Å². The smallest absolute Gasteiger partial charge is 0.335 e. The molecule has 0 bridgehead atoms. The highest BCUT2D eigenvalue weighted by Crippen LogP contribution is 2.27. The molecular weight excluding hydrogens is 318 g/mol. The molecule has 6 nitrogen and oxygen atoms in total. The molecule has 126 valence electrons. The average Bonchev–Trinajstić information content (AvgIpc) is 2.54. The molecule has 3 aromatic rings. The minimum atomic E-state index is -1.03. The number of carboxylic acid groups (broad SMARTS) is 1. The maximum atomic E-state index is 11.9. The topological polar surface area (TPSA) is 105 Å². The number of nitrogens with zero attached hydrogens (tertiary/aromatic N) is 1. The fourth-order valence-corrected chi connectivity index (χ4v) is 2.73. The third-order valence-corrected chi connectivity index (χ3v) is 3.90. The number of carbonyl (C=O) groups excluding carboxylic acids is 1. The first-order valence-corrected chi connectivity index (χ1v) is 7.67. The second kappa shape index (κ2) is 6.24. The summed E-state index contributed by atoms with van der Waals surface area (Å²) in [6.45, 7) is 3.74. The molecule has 1 aromatic heterocycles. The first kappa shape index (κ1) is 16.4. The van der Waals surface area contributed by atoms with Crippen molar-refractivity contribution in [3.63, 3.8) is 0 Å². The molecule has 0 aliphatic carbocycles. The quantitative estimate of drug-likeness (QED) is 0.678. The minimum Gasteiger partial charge on any atom is -0.478 e. The summed E-state index contributed by atoms with van der Waals surface area (Å²) in [5.41, 5.74) is 9.01. The van der Waals surface area contributed by atoms with Crippen molar-refractivity contribution < 1.29 is 14.7 Å². The standard InChI is InChI=1S/C19H17N3O3/c1-10-4-3-5-14(6-10)21-18-15(17(20)23)9-12-8-13(19(24)25)7-11(2)16(12)22-18/h3-9H,1-2H3,(H2,20,23)(H,21,22)(H,24,25). The lowest BCUT2D eigenvalue weighted by atomic mass is 10.0. The predicted molar refractivity (Wildman–Crippen MR) is 96.4 cm³/mol. The Morgan fingerprint density at radius 1 is 1.12 bits per heavy atom. The maximum Gasteiger partial charge on any atom is 0.335 e. The fraction of sp³-hybridized carbons (Fsp3) is 0.105. The predicted octanol–water partition coefficient (Wildman–Crippen LogP) is 3.39. The van der Waals surface area contributed by atoms with E-state index in [1.165, 1.54) is 6.07 Å². The zero-order chi connectivity index (χ0) is 18.1. The Morgan fingerprint density at radius 2 is 1.88 bits per heavy atom. The summed E-state index contributed by atoms with van der Waals surface area (Å²) < 4.78 is 0. The minimum absolute atomic E-state index is 0.140. The molecule has 25 heavy (non-hydrogen) atoms. The highest BCUT2D eigenvalue weighted by Gasteiger charge is 2.15. The SMILES string of the molecule is Cc1cccc(Nc2nc3c(C)cc(C(=O)O)cc3cc2C(N)=O)c1. The van der Waals surface area contributed by atoms with E-state index >= 15 is 0 Å². The van der Waals surface area contributed by atoms with E-state index in [0.717, 1.165) is 11.3 Å². The van der Waals surface area contributed by atoms with Crippen LogP contribution in [0.1, 0.15) is 31.8 Å². The summed E-state index contributed by atoms with van der Waals surface area (Å²) in [6.07, 6.45) is 0. The van der Waals surface area contributed by atoms with Gasteiger partial charge >= 0.3 is 5.97 Å². The van der Waals surface area contributed by atoms with Crippen LogP contribution in [0.15, 0.2) is 42.5 Å². The van der Waals surface area contributed by atoms with Gasteiger partial charge in [-0.2, -0.15) is 0 Å². The summed E-state index contributed by atoms with van der Waals surface area (Å²) in [5.74, 6) is -1.33. The van der Waals surface area contributed by atoms with Crippen LogP contribution in [0.2, 0.25) is 0 Å². The lowest BCUT2D eigenvalue weighted by Gasteiger charge is -2.13. The van der Waals surface area contributed by atoms with Gasteiger partial charge in [-0.25, -0.2) is 9.78 Å². The second-order valence-corrected chi connectivity index (χ2v) is 5.91. The summed E-state index contributed by atoms with van der Waals surface area (Å²) in [6, 6.07) is 12.3. The van der Waals surface area contributed by atoms with Crippen LogP contribution in [0.4, 0.5) is 11.5 Å². The van der Waals surface area contributed by atoms with E-state index in [1.807, 2.05) is 31.2 Å². The van der Waals surface area contributed by atoms with Gasteiger partial charge in [0.2, 0.25) is 0 Å². The number of amides is 1. The molecule has 3 rings (SSSR count). The number of fused-ring (bicyclic) bond motifs is 1. The van der Waals surface area contributed by atoms with E-state index in [4.69, 9.17) is 5.73 Å². The van der Waals surface area contributed by atoms with Crippen LogP contribution >= 0.6 is 0 Å². The molecule has 0 saturated carbocycles. The van der Waals surface area contributed by atoms with Gasteiger partial charge in [-0.3, -0.25) is 4.79 Å². The monoisotopic (exact) mass is 335 g/mol. The molecule has 0 unspecified atom stereocenters. The van der Waals surface area contributed by atoms with Gasteiger partial charge in [-0.05, 0) is 55.3 Å². The number of aromatic nitrogens is 1. The average molecular weight is 335 g/mol. The van der Waals surface area contributed by atoms with Gasteiger partial charge < -0.3 is 16.2 Å². The Hall–Kier alpha value is -3.41. The van der Waals surface area contributed by atoms with Gasteiger partial charge in [-0.1, -0.05) is 12.1 Å². The van der Waals surface area contributed by atoms with Gasteiger partial charge in [0.1, 0.15) is 5.82 Å². The number of carboxylic acids is 1. The van der Waals surface area contributed by atoms with Crippen molar-refractivity contribution in [3.05, 3.63) is 64.7 Å². The van der Waals surface area contributed by atoms with Crippen LogP contribution in [0.5, 0.6) is 0 Å². The van der Waals surface area contributed by atoms with E-state index in [9.17, 15) is 14.7 Å². The van der Waals surface area contributed by atoms with E-state index in [-0.39, 0.29) is 11.1 Å². The molecule has 4 N–H and O–H groups in total. The van der Waals surface area contributed by atoms with E-state index in [1.54, 1.807) is 19.1 Å². The van der Waals surface area contributed by atoms with Crippen molar-refractivity contribution in [1.82, 2.24) is 4.98 Å². The van der Waals surface area contributed by atoms with Crippen molar-refractivity contribution >= 4 is 34.3 Å². The highest BCUT2D eigenvalue weighted by atomic mass is 16.4. The molecule has 0 fully saturated rings. The van der Waals surface area contributed by atoms with Crippen LogP contribution in [0, 0.1) is 13.8 Å². The first-order valence-electron chi connectivity index (χ1n) is 7.67. The Morgan fingerprint density at radius 3 is 2.52 bits per heavy atom. The van der Waals surface area contributed by atoms with E-state index in [2.05, 4.69) is 10.3 Å². The molecule has 6 heteroatoms. The molecule has 0 spiro atoms. The van der Waals surface area contributed by atoms with Crippen LogP contribution in [0.3, 0.4) is 0 Å². The summed E-state index contributed by atoms with van der Waals surface area (Å²) in [4.78, 5) is 27.6. The Balaban J connectivity index is 2.19. The van der Waals surface area contributed by atoms with E-state index in [0.29, 0.717) is 22.3 Å². The molecular formula is C19H17N3O3. The number of rotatable bonds is 4. The number of carbonyl (C=O) groups is 2. The Bertz CT molecular complexity index is 1010. The van der Waals surface area contributed by atoms with Crippen molar-refractivity contribution in [2.45, 2.75) is 13.8 Å². The second-order valence-electron chi connectivity index (χ2n) is 5.91. The number of nitrogens with one attached hydrogen (secondary N) is 1. The van der Waals surface area contributed by atoms with Crippen molar-refractivity contribution in [3.8, 4) is 0 Å². The molecule has 0 aliphatic heterocycles. The molecule has 0 atom stereocenters. The molecule has 0 radical (unpaired) electrons. The molecule has 0 saturated heterocycles. The molecule has 1 heterocycles. The molecule has 0 aliphatic rings. The van der Waals surface area contributed by atoms with Crippen LogP contribution in [0.25, 0.3) is 10.9 Å². The Kier molecular flexibility index (Phi) is 4.10. The van der Waals surface area contributed by atoms with Crippen LogP contribution in [-0.2, 0) is 0 Å². The molecule has 2 aromatic carbocycles. The number of nitrogens with two attached hydrogens (primary N) is 1. The van der Waals surface area contributed by atoms with Gasteiger partial charge in [0.15, 0.2) is 0 Å². The fourth-order valence-electron chi connectivity index (χ4n) is 2.73. The third kappa shape index (κ3) is 3.28. The first-order chi connectivity index (χ1) is 11.8. The number of benzene rings is 2. The number of aromatic carboxylic acids is 1. The maximum absolute atomic E-state index is 11.9. The van der Waals surface area contributed by atoms with E-state index < -0.39 is 11.9 Å². The summed E-state index contributed by atoms with van der Waals surface area (Å²) in [5, 5.41) is 12.9. The summed E-state index contributed by atoms with van der Waals surface area (Å²) in [7, 11) is 0. The molecule has 1 amide bonds. The zero-order valence-corrected chi connectivity index (χ0v) is 13.8. The number of primary amides is 1. The lowest BCUT2D eigenvalue weighted by molar-refractivity contribution is 0.0696. The largest absolute Gasteiger partial charge is 0.478 e. The van der Waals surface area contributed by atoms with Gasteiger partial charge in [0, 0.05) is 11.1 Å². The third-order valence-electron chi connectivity index (χ3n) is 3.90. The number of anilines is 2. The summed E-state index contributed by atoms with van der Waals surface area (Å²) >= 11 is 0. The van der Waals surface area contributed by atoms with Crippen LogP contribution < -0.4 is 11.1 Å². The van der Waals surface area contributed by atoms with Gasteiger partial charge in [0.25, 0.3) is 5.91 Å². The van der Waals surface area contributed by atoms with Crippen molar-refractivity contribution in [1.29, 1.82) is 0 Å². The lowest BCUT2D eigenvalue weighted by Crippen LogP contribution is -2.14. The number of hydrogen-bond acceptors (Lipinski definition) is 4. The Labute approximate surface area is 144 Å². The number of hydrogen-bond donors (Lipinski definition) is 3. The normalized spacial score (nSPS) is 10.6. The highest BCUT2D eigenvalue weighted by molar-refractivity contribution is 6.03. The number of pyridine rings is 1. The zero-order valence-electron chi connectivity index (χ0n) is 13.8.